The zero-order valence-electron chi connectivity index (χ0n) is 13.7. The number of aliphatic imine (C=N–C) groups is 1. The minimum Gasteiger partial charge on any atom is -0.467 e. The predicted octanol–water partition coefficient (Wildman–Crippen LogP) is 2.11. The summed E-state index contributed by atoms with van der Waals surface area (Å²) in [7, 11) is 0. The van der Waals surface area contributed by atoms with Crippen molar-refractivity contribution in [1.82, 2.24) is 16.0 Å². The molecule has 6 nitrogen and oxygen atoms in total. The molecule has 0 radical (unpaired) electrons. The van der Waals surface area contributed by atoms with Crippen LogP contribution in [0.25, 0.3) is 0 Å². The Hall–Kier alpha value is -1.25. The number of guanidine groups is 1. The molecule has 0 unspecified atom stereocenters. The maximum absolute atomic E-state index is 11.7. The maximum Gasteiger partial charge on any atom is 0.225 e. The number of hydrogen-bond acceptors (Lipinski definition) is 3. The lowest BCUT2D eigenvalue weighted by atomic mass is 9.96. The van der Waals surface area contributed by atoms with Crippen molar-refractivity contribution in [3.8, 4) is 0 Å². The van der Waals surface area contributed by atoms with E-state index in [-0.39, 0.29) is 35.3 Å². The van der Waals surface area contributed by atoms with Crippen LogP contribution in [0.5, 0.6) is 0 Å². The molecule has 0 bridgehead atoms. The van der Waals surface area contributed by atoms with Crippen LogP contribution in [-0.2, 0) is 11.3 Å². The maximum atomic E-state index is 11.7. The molecule has 0 aliphatic carbocycles. The summed E-state index contributed by atoms with van der Waals surface area (Å²) in [5.41, 5.74) is -0.363. The van der Waals surface area contributed by atoms with E-state index >= 15 is 0 Å². The highest BCUT2D eigenvalue weighted by atomic mass is 127. The second-order valence-electron chi connectivity index (χ2n) is 5.71. The Morgan fingerprint density at radius 1 is 1.23 bits per heavy atom. The van der Waals surface area contributed by atoms with Crippen LogP contribution in [0.15, 0.2) is 27.8 Å². The summed E-state index contributed by atoms with van der Waals surface area (Å²) < 4.78 is 5.24. The van der Waals surface area contributed by atoms with E-state index in [1.807, 2.05) is 39.8 Å². The summed E-state index contributed by atoms with van der Waals surface area (Å²) in [4.78, 5) is 16.1. The lowest BCUT2D eigenvalue weighted by Crippen LogP contribution is -2.43. The third kappa shape index (κ3) is 8.26. The van der Waals surface area contributed by atoms with E-state index in [1.54, 1.807) is 6.26 Å². The SMILES string of the molecule is CCNC(=NCc1ccco1)NCCNC(=O)C(C)(C)C.I. The lowest BCUT2D eigenvalue weighted by molar-refractivity contribution is -0.128. The van der Waals surface area contributed by atoms with Crippen LogP contribution >= 0.6 is 24.0 Å². The molecule has 1 amide bonds. The van der Waals surface area contributed by atoms with Crippen molar-refractivity contribution >= 4 is 35.8 Å². The molecular weight excluding hydrogens is 395 g/mol. The monoisotopic (exact) mass is 422 g/mol. The highest BCUT2D eigenvalue weighted by Gasteiger charge is 2.20. The van der Waals surface area contributed by atoms with Gasteiger partial charge in [0.15, 0.2) is 5.96 Å². The summed E-state index contributed by atoms with van der Waals surface area (Å²) in [6, 6.07) is 3.73. The van der Waals surface area contributed by atoms with E-state index in [0.717, 1.165) is 12.3 Å². The first-order valence-corrected chi connectivity index (χ1v) is 7.26. The Bertz CT molecular complexity index is 453. The first-order valence-electron chi connectivity index (χ1n) is 7.26. The molecule has 0 saturated carbocycles. The van der Waals surface area contributed by atoms with Gasteiger partial charge in [-0.1, -0.05) is 20.8 Å². The van der Waals surface area contributed by atoms with Gasteiger partial charge in [0.25, 0.3) is 0 Å². The number of nitrogens with one attached hydrogen (secondary N) is 3. The van der Waals surface area contributed by atoms with Gasteiger partial charge in [0.1, 0.15) is 12.3 Å². The Kier molecular flexibility index (Phi) is 9.88. The van der Waals surface area contributed by atoms with Gasteiger partial charge in [-0.15, -0.1) is 24.0 Å². The highest BCUT2D eigenvalue weighted by molar-refractivity contribution is 14.0. The molecule has 0 aliphatic rings. The minimum absolute atomic E-state index is 0. The normalized spacial score (nSPS) is 11.5. The largest absolute Gasteiger partial charge is 0.467 e. The average Bonchev–Trinajstić information content (AvgIpc) is 2.92. The first kappa shape index (κ1) is 20.8. The van der Waals surface area contributed by atoms with Crippen molar-refractivity contribution in [3.05, 3.63) is 24.2 Å². The van der Waals surface area contributed by atoms with Crippen LogP contribution in [0.4, 0.5) is 0 Å². The van der Waals surface area contributed by atoms with Crippen LogP contribution < -0.4 is 16.0 Å². The van der Waals surface area contributed by atoms with Crippen LogP contribution in [-0.4, -0.2) is 31.5 Å². The van der Waals surface area contributed by atoms with E-state index < -0.39 is 0 Å². The Morgan fingerprint density at radius 3 is 2.45 bits per heavy atom. The van der Waals surface area contributed by atoms with E-state index in [0.29, 0.717) is 25.6 Å². The number of halogens is 1. The molecule has 0 aromatic carbocycles. The zero-order valence-corrected chi connectivity index (χ0v) is 16.1. The van der Waals surface area contributed by atoms with Crippen molar-refractivity contribution in [2.45, 2.75) is 34.2 Å². The third-order valence-corrected chi connectivity index (χ3v) is 2.70. The number of carbonyl (C=O) groups is 1. The molecule has 1 aromatic rings. The molecule has 1 rings (SSSR count). The fraction of sp³-hybridized carbons (Fsp3) is 0.600. The van der Waals surface area contributed by atoms with Gasteiger partial charge in [0, 0.05) is 25.0 Å². The molecule has 3 N–H and O–H groups in total. The second-order valence-corrected chi connectivity index (χ2v) is 5.71. The van der Waals surface area contributed by atoms with Crippen molar-refractivity contribution in [2.75, 3.05) is 19.6 Å². The van der Waals surface area contributed by atoms with E-state index in [1.165, 1.54) is 0 Å². The van der Waals surface area contributed by atoms with Gasteiger partial charge < -0.3 is 20.4 Å². The van der Waals surface area contributed by atoms with Gasteiger partial charge in [-0.05, 0) is 19.1 Å². The molecule has 1 aromatic heterocycles. The lowest BCUT2D eigenvalue weighted by Gasteiger charge is -2.18. The smallest absolute Gasteiger partial charge is 0.225 e. The molecule has 22 heavy (non-hydrogen) atoms. The van der Waals surface area contributed by atoms with Gasteiger partial charge in [0.2, 0.25) is 5.91 Å². The summed E-state index contributed by atoms with van der Waals surface area (Å²) >= 11 is 0. The minimum atomic E-state index is -0.363. The molecule has 0 atom stereocenters. The van der Waals surface area contributed by atoms with E-state index in [9.17, 15) is 4.79 Å². The van der Waals surface area contributed by atoms with Gasteiger partial charge in [0.05, 0.1) is 6.26 Å². The fourth-order valence-electron chi connectivity index (χ4n) is 1.52. The van der Waals surface area contributed by atoms with Gasteiger partial charge >= 0.3 is 0 Å². The summed E-state index contributed by atoms with van der Waals surface area (Å²) in [6.07, 6.45) is 1.63. The molecule has 0 saturated heterocycles. The number of amides is 1. The second kappa shape index (κ2) is 10.5. The van der Waals surface area contributed by atoms with E-state index in [4.69, 9.17) is 4.42 Å². The van der Waals surface area contributed by atoms with E-state index in [2.05, 4.69) is 20.9 Å². The summed E-state index contributed by atoms with van der Waals surface area (Å²) in [5.74, 6) is 1.56. The molecule has 0 fully saturated rings. The molecule has 126 valence electrons. The molecule has 1 heterocycles. The van der Waals surface area contributed by atoms with Gasteiger partial charge in [-0.3, -0.25) is 4.79 Å². The van der Waals surface area contributed by atoms with Gasteiger partial charge in [-0.25, -0.2) is 4.99 Å². The van der Waals surface area contributed by atoms with Crippen LogP contribution in [0.2, 0.25) is 0 Å². The Labute approximate surface area is 149 Å². The Balaban J connectivity index is 0.00000441. The number of furan rings is 1. The zero-order chi connectivity index (χ0) is 15.7. The molecular formula is C15H27IN4O2. The first-order chi connectivity index (χ1) is 9.93. The van der Waals surface area contributed by atoms with Crippen molar-refractivity contribution < 1.29 is 9.21 Å². The standard InChI is InChI=1S/C15H26N4O2.HI/c1-5-16-14(19-11-12-7-6-10-21-12)18-9-8-17-13(20)15(2,3)4;/h6-7,10H,5,8-9,11H2,1-4H3,(H,17,20)(H2,16,18,19);1H. The predicted molar refractivity (Wildman–Crippen MR) is 99.4 cm³/mol. The number of carbonyl (C=O) groups excluding carboxylic acids is 1. The molecule has 0 aliphatic heterocycles. The van der Waals surface area contributed by atoms with Crippen LogP contribution in [0, 0.1) is 5.41 Å². The summed E-state index contributed by atoms with van der Waals surface area (Å²) in [6.45, 7) is 10.1. The Morgan fingerprint density at radius 2 is 1.91 bits per heavy atom. The molecule has 0 spiro atoms. The fourth-order valence-corrected chi connectivity index (χ4v) is 1.52. The van der Waals surface area contributed by atoms with Crippen molar-refractivity contribution in [1.29, 1.82) is 0 Å². The van der Waals surface area contributed by atoms with Crippen molar-refractivity contribution in [3.63, 3.8) is 0 Å². The number of nitrogens with zero attached hydrogens (tertiary/aromatic N) is 1. The van der Waals surface area contributed by atoms with Gasteiger partial charge in [-0.2, -0.15) is 0 Å². The topological polar surface area (TPSA) is 78.7 Å². The molecule has 7 heteroatoms. The average molecular weight is 422 g/mol. The number of rotatable bonds is 6. The summed E-state index contributed by atoms with van der Waals surface area (Å²) in [5, 5.41) is 9.21. The third-order valence-electron chi connectivity index (χ3n) is 2.70. The van der Waals surface area contributed by atoms with Crippen molar-refractivity contribution in [2.24, 2.45) is 10.4 Å². The van der Waals surface area contributed by atoms with Crippen LogP contribution in [0.1, 0.15) is 33.5 Å². The highest BCUT2D eigenvalue weighted by Crippen LogP contribution is 2.11. The number of hydrogen-bond donors (Lipinski definition) is 3. The van der Waals surface area contributed by atoms with Crippen LogP contribution in [0.3, 0.4) is 0 Å². The quantitative estimate of drug-likeness (QED) is 0.284.